The number of nitrogens with zero attached hydrogens (tertiary/aromatic N) is 4. The summed E-state index contributed by atoms with van der Waals surface area (Å²) in [5.41, 5.74) is 1.29. The van der Waals surface area contributed by atoms with Crippen LogP contribution >= 0.6 is 0 Å². The molecule has 8 heteroatoms. The van der Waals surface area contributed by atoms with E-state index >= 15 is 4.39 Å². The molecule has 2 saturated heterocycles. The molecule has 0 radical (unpaired) electrons. The molecule has 0 aromatic carbocycles. The predicted molar refractivity (Wildman–Crippen MR) is 171 cm³/mol. The second-order valence-electron chi connectivity index (χ2n) is 13.6. The molecule has 1 amide bonds. The maximum atomic E-state index is 17.0. The second kappa shape index (κ2) is 13.3. The quantitative estimate of drug-likeness (QED) is 0.226. The van der Waals surface area contributed by atoms with E-state index in [9.17, 15) is 4.79 Å². The van der Waals surface area contributed by atoms with E-state index in [1.54, 1.807) is 0 Å². The van der Waals surface area contributed by atoms with E-state index in [2.05, 4.69) is 25.7 Å². The van der Waals surface area contributed by atoms with Crippen LogP contribution < -0.4 is 8.61 Å². The van der Waals surface area contributed by atoms with Crippen molar-refractivity contribution in [1.82, 2.24) is 14.9 Å². The van der Waals surface area contributed by atoms with Gasteiger partial charge >= 0.3 is 232 Å². The average Bonchev–Trinajstić information content (AvgIpc) is 3.19. The summed E-state index contributed by atoms with van der Waals surface area (Å²) in [7, 11) is 0. The molecule has 0 N–H and O–H groups in total. The van der Waals surface area contributed by atoms with Gasteiger partial charge in [0.05, 0.1) is 0 Å². The third-order valence-electron chi connectivity index (χ3n) is 9.37. The molecule has 4 heterocycles. The molecule has 0 aliphatic carbocycles. The Morgan fingerprint density at radius 1 is 1.00 bits per heavy atom. The van der Waals surface area contributed by atoms with Crippen molar-refractivity contribution < 1.29 is 13.9 Å². The SMILES string of the molecule is CCC[CH2][Sn]([CH2]CCC)([CH2]CCC)[c]1ncc2c(N3CC4CCC(C3)N4C(=O)OC(C)(C)C)nc(C)c(C)c2c1F. The van der Waals surface area contributed by atoms with Crippen LogP contribution in [0.3, 0.4) is 0 Å². The first kappa shape index (κ1) is 32.3. The van der Waals surface area contributed by atoms with Crippen LogP contribution in [0.4, 0.5) is 15.0 Å². The van der Waals surface area contributed by atoms with E-state index in [1.807, 2.05) is 45.7 Å². The van der Waals surface area contributed by atoms with E-state index < -0.39 is 24.0 Å². The van der Waals surface area contributed by atoms with Crippen LogP contribution in [0, 0.1) is 19.7 Å². The zero-order valence-corrected chi connectivity index (χ0v) is 29.8. The summed E-state index contributed by atoms with van der Waals surface area (Å²) in [6, 6.07) is 0.139. The summed E-state index contributed by atoms with van der Waals surface area (Å²) in [5, 5.41) is 1.55. The number of pyridine rings is 2. The molecule has 2 unspecified atom stereocenters. The second-order valence-corrected chi connectivity index (χ2v) is 26.6. The molecular weight excluding hydrogens is 622 g/mol. The molecule has 0 saturated carbocycles. The van der Waals surface area contributed by atoms with E-state index in [0.717, 1.165) is 63.7 Å². The third-order valence-corrected chi connectivity index (χ3v) is 24.5. The van der Waals surface area contributed by atoms with Gasteiger partial charge in [0.15, 0.2) is 0 Å². The van der Waals surface area contributed by atoms with Gasteiger partial charge in [-0.15, -0.1) is 0 Å². The van der Waals surface area contributed by atoms with E-state index in [0.29, 0.717) is 13.1 Å². The van der Waals surface area contributed by atoms with Crippen LogP contribution in [0.2, 0.25) is 13.3 Å². The van der Waals surface area contributed by atoms with E-state index in [1.165, 1.54) is 32.6 Å². The van der Waals surface area contributed by atoms with Crippen LogP contribution in [0.1, 0.15) is 104 Å². The van der Waals surface area contributed by atoms with E-state index in [4.69, 9.17) is 14.7 Å². The summed E-state index contributed by atoms with van der Waals surface area (Å²) in [4.78, 5) is 27.4. The summed E-state index contributed by atoms with van der Waals surface area (Å²) in [6.45, 7) is 17.9. The molecule has 2 aromatic heterocycles. The van der Waals surface area contributed by atoms with Crippen LogP contribution in [-0.4, -0.2) is 70.1 Å². The normalized spacial score (nSPS) is 19.3. The number of aromatic nitrogens is 2. The Morgan fingerprint density at radius 3 is 2.02 bits per heavy atom. The van der Waals surface area contributed by atoms with Gasteiger partial charge in [-0.05, 0) is 20.8 Å². The maximum absolute atomic E-state index is 17.0. The number of unbranched alkanes of at least 4 members (excludes halogenated alkanes) is 3. The molecule has 41 heavy (non-hydrogen) atoms. The number of halogens is 1. The van der Waals surface area contributed by atoms with Crippen molar-refractivity contribution in [2.75, 3.05) is 18.0 Å². The fourth-order valence-electron chi connectivity index (χ4n) is 7.08. The number of carbonyl (C=O) groups is 1. The molecule has 2 bridgehead atoms. The van der Waals surface area contributed by atoms with Gasteiger partial charge in [0, 0.05) is 0 Å². The van der Waals surface area contributed by atoms with Crippen molar-refractivity contribution in [3.63, 3.8) is 0 Å². The summed E-state index contributed by atoms with van der Waals surface area (Å²) >= 11 is -3.09. The first-order chi connectivity index (χ1) is 19.5. The zero-order chi connectivity index (χ0) is 29.9. The summed E-state index contributed by atoms with van der Waals surface area (Å²) in [6.07, 6.45) is 10.6. The van der Waals surface area contributed by atoms with Gasteiger partial charge in [0.2, 0.25) is 0 Å². The summed E-state index contributed by atoms with van der Waals surface area (Å²) in [5.74, 6) is 0.763. The Labute approximate surface area is 251 Å². The Balaban J connectivity index is 1.76. The Bertz CT molecular complexity index is 1190. The van der Waals surface area contributed by atoms with Crippen molar-refractivity contribution in [3.05, 3.63) is 23.3 Å². The van der Waals surface area contributed by atoms with Gasteiger partial charge in [-0.2, -0.15) is 0 Å². The van der Waals surface area contributed by atoms with Crippen LogP contribution in [0.5, 0.6) is 0 Å². The van der Waals surface area contributed by atoms with Crippen molar-refractivity contribution in [3.8, 4) is 0 Å². The molecule has 0 spiro atoms. The molecule has 2 aliphatic heterocycles. The molecular formula is C33H53FN4O2Sn. The van der Waals surface area contributed by atoms with Gasteiger partial charge in [0.25, 0.3) is 0 Å². The minimum atomic E-state index is -3.09. The predicted octanol–water partition coefficient (Wildman–Crippen LogP) is 8.03. The fraction of sp³-hybridized carbons (Fsp3) is 0.727. The molecule has 2 aromatic rings. The van der Waals surface area contributed by atoms with Crippen molar-refractivity contribution in [2.45, 2.75) is 138 Å². The number of rotatable bonds is 11. The number of piperazine rings is 1. The van der Waals surface area contributed by atoms with Crippen LogP contribution in [0.15, 0.2) is 6.20 Å². The van der Waals surface area contributed by atoms with Gasteiger partial charge < -0.3 is 0 Å². The Kier molecular flexibility index (Phi) is 10.5. The molecule has 2 atom stereocenters. The number of aryl methyl sites for hydroxylation is 2. The number of hydrogen-bond acceptors (Lipinski definition) is 5. The van der Waals surface area contributed by atoms with Crippen molar-refractivity contribution in [2.24, 2.45) is 0 Å². The van der Waals surface area contributed by atoms with Crippen LogP contribution in [0.25, 0.3) is 10.8 Å². The number of amides is 1. The molecule has 4 rings (SSSR count). The zero-order valence-electron chi connectivity index (χ0n) is 26.9. The Hall–Kier alpha value is -1.64. The number of carbonyl (C=O) groups excluding carboxylic acids is 1. The number of hydrogen-bond donors (Lipinski definition) is 0. The van der Waals surface area contributed by atoms with Crippen LogP contribution in [-0.2, 0) is 4.74 Å². The van der Waals surface area contributed by atoms with Gasteiger partial charge in [-0.1, -0.05) is 0 Å². The topological polar surface area (TPSA) is 58.6 Å². The number of anilines is 1. The monoisotopic (exact) mass is 676 g/mol. The number of ether oxygens (including phenoxy) is 1. The van der Waals surface area contributed by atoms with Gasteiger partial charge in [0.1, 0.15) is 0 Å². The van der Waals surface area contributed by atoms with Gasteiger partial charge in [-0.3, -0.25) is 0 Å². The fourth-order valence-corrected chi connectivity index (χ4v) is 22.7. The first-order valence-corrected chi connectivity index (χ1v) is 23.7. The standard InChI is InChI=1S/C21H26FN4O2.3C4H9.Sn/c1-12-13(2)24-19(16-8-23-9-17(22)18(12)16)25-10-14-6-7-15(11-25)26(14)20(27)28-21(3,4)5;3*1-3-4-2;/h8,14-15H,6-7,10-11H2,1-5H3;3*1,3-4H2,2H3;. The van der Waals surface area contributed by atoms with Gasteiger partial charge in [-0.25, -0.2) is 0 Å². The molecule has 228 valence electrons. The molecule has 6 nitrogen and oxygen atoms in total. The van der Waals surface area contributed by atoms with Crippen molar-refractivity contribution >= 4 is 44.8 Å². The number of fused-ring (bicyclic) bond motifs is 3. The van der Waals surface area contributed by atoms with Crippen molar-refractivity contribution in [1.29, 1.82) is 0 Å². The average molecular weight is 676 g/mol. The molecule has 2 fully saturated rings. The Morgan fingerprint density at radius 2 is 1.54 bits per heavy atom. The molecule has 2 aliphatic rings. The summed E-state index contributed by atoms with van der Waals surface area (Å²) < 4.78 is 27.2. The third kappa shape index (κ3) is 6.80. The minimum absolute atomic E-state index is 0.0544. The van der Waals surface area contributed by atoms with E-state index in [-0.39, 0.29) is 24.0 Å². The first-order valence-electron chi connectivity index (χ1n) is 16.2.